The molecule has 148 valence electrons. The van der Waals surface area contributed by atoms with Crippen LogP contribution < -0.4 is 0 Å². The third-order valence-corrected chi connectivity index (χ3v) is 7.87. The van der Waals surface area contributed by atoms with Crippen molar-refractivity contribution in [1.82, 2.24) is 0 Å². The minimum absolute atomic E-state index is 0.111. The van der Waals surface area contributed by atoms with Crippen molar-refractivity contribution in [2.75, 3.05) is 6.61 Å². The average Bonchev–Trinajstić information content (AvgIpc) is 2.83. The van der Waals surface area contributed by atoms with Crippen molar-refractivity contribution < 1.29 is 18.9 Å². The molecule has 5 atom stereocenters. The van der Waals surface area contributed by atoms with E-state index in [1.807, 2.05) is 0 Å². The molecular formula is C20H39O4P. The van der Waals surface area contributed by atoms with Gasteiger partial charge in [-0.2, -0.15) is 0 Å². The minimum Gasteiger partial charge on any atom is -0.303 e. The van der Waals surface area contributed by atoms with Crippen LogP contribution in [0.4, 0.5) is 0 Å². The molecule has 0 bridgehead atoms. The smallest absolute Gasteiger partial charge is 0.303 e. The van der Waals surface area contributed by atoms with Crippen LogP contribution in [0.1, 0.15) is 86.0 Å². The molecule has 0 aliphatic heterocycles. The molecule has 5 heteroatoms. The number of hydrogen-bond acceptors (Lipinski definition) is 2. The summed E-state index contributed by atoms with van der Waals surface area (Å²) in [6.07, 6.45) is 9.78. The Hall–Kier alpha value is 0.110. The molecule has 0 aromatic carbocycles. The largest absolute Gasteiger partial charge is 0.469 e. The van der Waals surface area contributed by atoms with E-state index in [9.17, 15) is 4.57 Å². The fraction of sp³-hybridized carbons (Fsp3) is 1.00. The van der Waals surface area contributed by atoms with Gasteiger partial charge in [0, 0.05) is 0 Å². The van der Waals surface area contributed by atoms with Gasteiger partial charge >= 0.3 is 7.82 Å². The molecule has 0 spiro atoms. The van der Waals surface area contributed by atoms with Gasteiger partial charge in [0.15, 0.2) is 0 Å². The van der Waals surface area contributed by atoms with E-state index in [1.54, 1.807) is 0 Å². The van der Waals surface area contributed by atoms with Crippen LogP contribution >= 0.6 is 7.82 Å². The molecule has 2 aliphatic carbocycles. The van der Waals surface area contributed by atoms with Crippen LogP contribution in [-0.4, -0.2) is 16.4 Å². The molecule has 0 radical (unpaired) electrons. The van der Waals surface area contributed by atoms with Gasteiger partial charge in [-0.3, -0.25) is 4.52 Å². The summed E-state index contributed by atoms with van der Waals surface area (Å²) in [6, 6.07) is 0. The third-order valence-electron chi connectivity index (χ3n) is 7.40. The van der Waals surface area contributed by atoms with E-state index in [0.717, 1.165) is 30.6 Å². The van der Waals surface area contributed by atoms with Crippen LogP contribution in [0.2, 0.25) is 0 Å². The normalized spacial score (nSPS) is 37.3. The highest BCUT2D eigenvalue weighted by Gasteiger charge is 2.56. The van der Waals surface area contributed by atoms with Crippen molar-refractivity contribution >= 4 is 7.82 Å². The number of phosphoric acid groups is 1. The lowest BCUT2D eigenvalue weighted by molar-refractivity contribution is -0.0508. The van der Waals surface area contributed by atoms with Gasteiger partial charge in [0.1, 0.15) is 0 Å². The van der Waals surface area contributed by atoms with E-state index in [0.29, 0.717) is 11.3 Å². The first-order valence-electron chi connectivity index (χ1n) is 10.2. The second-order valence-electron chi connectivity index (χ2n) is 9.82. The molecular weight excluding hydrogens is 335 g/mol. The summed E-state index contributed by atoms with van der Waals surface area (Å²) in [5, 5.41) is 0. The van der Waals surface area contributed by atoms with Gasteiger partial charge in [-0.1, -0.05) is 60.3 Å². The maximum absolute atomic E-state index is 11.2. The maximum atomic E-state index is 11.2. The van der Waals surface area contributed by atoms with Crippen LogP contribution in [0.5, 0.6) is 0 Å². The van der Waals surface area contributed by atoms with Crippen molar-refractivity contribution in [3.63, 3.8) is 0 Å². The predicted molar refractivity (Wildman–Crippen MR) is 102 cm³/mol. The Morgan fingerprint density at radius 2 is 1.80 bits per heavy atom. The molecule has 25 heavy (non-hydrogen) atoms. The molecule has 0 aromatic heterocycles. The van der Waals surface area contributed by atoms with Crippen molar-refractivity contribution in [1.29, 1.82) is 0 Å². The van der Waals surface area contributed by atoms with E-state index in [1.165, 1.54) is 38.5 Å². The summed E-state index contributed by atoms with van der Waals surface area (Å²) in [5.74, 6) is 2.76. The highest BCUT2D eigenvalue weighted by molar-refractivity contribution is 7.46. The summed E-state index contributed by atoms with van der Waals surface area (Å²) in [5.41, 5.74) is 0.184. The van der Waals surface area contributed by atoms with Crippen LogP contribution in [0, 0.1) is 34.5 Å². The average molecular weight is 375 g/mol. The Morgan fingerprint density at radius 3 is 2.40 bits per heavy atom. The first-order valence-corrected chi connectivity index (χ1v) is 11.7. The number of rotatable bonds is 8. The molecule has 2 aliphatic rings. The molecule has 2 rings (SSSR count). The molecule has 2 fully saturated rings. The Morgan fingerprint density at radius 1 is 1.12 bits per heavy atom. The Bertz CT molecular complexity index is 488. The van der Waals surface area contributed by atoms with E-state index in [4.69, 9.17) is 14.3 Å². The molecule has 1 unspecified atom stereocenters. The lowest BCUT2D eigenvalue weighted by atomic mass is 9.54. The number of hydrogen-bond donors (Lipinski definition) is 2. The Balaban J connectivity index is 2.05. The van der Waals surface area contributed by atoms with Crippen LogP contribution in [-0.2, 0) is 9.09 Å². The van der Waals surface area contributed by atoms with Gasteiger partial charge in [-0.15, -0.1) is 0 Å². The van der Waals surface area contributed by atoms with Crippen LogP contribution in [0.3, 0.4) is 0 Å². The van der Waals surface area contributed by atoms with Crippen molar-refractivity contribution in [3.8, 4) is 0 Å². The van der Waals surface area contributed by atoms with Crippen LogP contribution in [0.15, 0.2) is 0 Å². The van der Waals surface area contributed by atoms with Gasteiger partial charge in [0.25, 0.3) is 0 Å². The van der Waals surface area contributed by atoms with Crippen molar-refractivity contribution in [3.05, 3.63) is 0 Å². The van der Waals surface area contributed by atoms with Gasteiger partial charge in [-0.05, 0) is 60.2 Å². The lowest BCUT2D eigenvalue weighted by Crippen LogP contribution is -2.46. The molecule has 0 aromatic rings. The van der Waals surface area contributed by atoms with E-state index >= 15 is 0 Å². The molecule has 2 N–H and O–H groups in total. The molecule has 0 heterocycles. The fourth-order valence-corrected chi connectivity index (χ4v) is 6.67. The maximum Gasteiger partial charge on any atom is 0.469 e. The SMILES string of the molecule is CC(C)CCC[C@@H](C)[C@H]1CCC2[C@](C)(COP(=O)(O)O)CCC[C@@]21C. The highest BCUT2D eigenvalue weighted by atomic mass is 31.2. The van der Waals surface area contributed by atoms with Gasteiger partial charge in [-0.25, -0.2) is 4.57 Å². The summed E-state index contributed by atoms with van der Waals surface area (Å²) < 4.78 is 16.2. The van der Waals surface area contributed by atoms with Crippen molar-refractivity contribution in [2.24, 2.45) is 34.5 Å². The second kappa shape index (κ2) is 8.00. The van der Waals surface area contributed by atoms with E-state index < -0.39 is 7.82 Å². The minimum atomic E-state index is -4.39. The standard InChI is InChI=1S/C20H39O4P/c1-15(2)8-6-9-16(3)17-10-11-18-19(4,14-24-25(21,22)23)12-7-13-20(17,18)5/h15-18H,6-14H2,1-5H3,(H2,21,22,23)/t16-,17-,18?,19+,20-/m1/s1. The Labute approximate surface area is 154 Å². The third kappa shape index (κ3) is 5.09. The number of fused-ring (bicyclic) bond motifs is 1. The Kier molecular flexibility index (Phi) is 6.85. The first kappa shape index (κ1) is 21.4. The molecule has 0 amide bonds. The summed E-state index contributed by atoms with van der Waals surface area (Å²) in [7, 11) is -4.39. The van der Waals surface area contributed by atoms with E-state index in [-0.39, 0.29) is 12.0 Å². The van der Waals surface area contributed by atoms with Crippen molar-refractivity contribution in [2.45, 2.75) is 86.0 Å². The van der Waals surface area contributed by atoms with E-state index in [2.05, 4.69) is 34.6 Å². The predicted octanol–water partition coefficient (Wildman–Crippen LogP) is 5.78. The lowest BCUT2D eigenvalue weighted by Gasteiger charge is -2.52. The molecule has 2 saturated carbocycles. The summed E-state index contributed by atoms with van der Waals surface area (Å²) in [6.45, 7) is 11.8. The summed E-state index contributed by atoms with van der Waals surface area (Å²) >= 11 is 0. The summed E-state index contributed by atoms with van der Waals surface area (Å²) in [4.78, 5) is 18.3. The molecule has 4 nitrogen and oxygen atoms in total. The van der Waals surface area contributed by atoms with Crippen LogP contribution in [0.25, 0.3) is 0 Å². The zero-order valence-electron chi connectivity index (χ0n) is 16.8. The quantitative estimate of drug-likeness (QED) is 0.528. The fourth-order valence-electron chi connectivity index (χ4n) is 6.20. The van der Waals surface area contributed by atoms with Gasteiger partial charge in [0.05, 0.1) is 6.61 Å². The zero-order chi connectivity index (χ0) is 18.9. The van der Waals surface area contributed by atoms with Gasteiger partial charge < -0.3 is 9.79 Å². The first-order chi connectivity index (χ1) is 11.5. The second-order valence-corrected chi connectivity index (χ2v) is 11.1. The number of phosphoric ester groups is 1. The molecule has 0 saturated heterocycles. The van der Waals surface area contributed by atoms with Gasteiger partial charge in [0.2, 0.25) is 0 Å². The zero-order valence-corrected chi connectivity index (χ0v) is 17.7. The highest BCUT2D eigenvalue weighted by Crippen LogP contribution is 2.64. The monoisotopic (exact) mass is 374 g/mol. The topological polar surface area (TPSA) is 66.8 Å².